The molecule has 1 aromatic rings. The second kappa shape index (κ2) is 6.17. The first kappa shape index (κ1) is 16.0. The molecule has 2 atom stereocenters. The normalized spacial score (nSPS) is 25.4. The van der Waals surface area contributed by atoms with Crippen LogP contribution in [0.4, 0.5) is 0 Å². The van der Waals surface area contributed by atoms with Crippen molar-refractivity contribution in [2.45, 2.75) is 60.2 Å². The molecule has 1 saturated heterocycles. The number of thiophene rings is 1. The van der Waals surface area contributed by atoms with Gasteiger partial charge in [0, 0.05) is 31.7 Å². The van der Waals surface area contributed by atoms with Crippen LogP contribution in [0.3, 0.4) is 0 Å². The minimum Gasteiger partial charge on any atom is -0.311 e. The molecule has 1 aliphatic heterocycles. The molecular formula is C17H30N2S. The van der Waals surface area contributed by atoms with Gasteiger partial charge in [-0.3, -0.25) is 4.90 Å². The summed E-state index contributed by atoms with van der Waals surface area (Å²) in [6.45, 7) is 17.3. The van der Waals surface area contributed by atoms with E-state index in [1.807, 2.05) is 11.3 Å². The molecule has 0 spiro atoms. The summed E-state index contributed by atoms with van der Waals surface area (Å²) in [5.74, 6) is 0.697. The summed E-state index contributed by atoms with van der Waals surface area (Å²) in [7, 11) is 0. The molecule has 0 aliphatic carbocycles. The highest BCUT2D eigenvalue weighted by molar-refractivity contribution is 7.08. The first-order valence-corrected chi connectivity index (χ1v) is 8.72. The van der Waals surface area contributed by atoms with E-state index in [-0.39, 0.29) is 0 Å². The Morgan fingerprint density at radius 1 is 1.35 bits per heavy atom. The van der Waals surface area contributed by atoms with Gasteiger partial charge in [0.05, 0.1) is 0 Å². The van der Waals surface area contributed by atoms with E-state index in [1.165, 1.54) is 11.1 Å². The highest BCUT2D eigenvalue weighted by Gasteiger charge is 2.35. The van der Waals surface area contributed by atoms with Crippen LogP contribution in [0, 0.1) is 18.3 Å². The van der Waals surface area contributed by atoms with E-state index in [4.69, 9.17) is 0 Å². The number of hydrogen-bond acceptors (Lipinski definition) is 3. The minimum absolute atomic E-state index is 0.323. The molecular weight excluding hydrogens is 264 g/mol. The largest absolute Gasteiger partial charge is 0.311 e. The molecule has 2 nitrogen and oxygen atoms in total. The summed E-state index contributed by atoms with van der Waals surface area (Å²) in [4.78, 5) is 2.70. The third-order valence-electron chi connectivity index (χ3n) is 4.61. The predicted octanol–water partition coefficient (Wildman–Crippen LogP) is 3.90. The van der Waals surface area contributed by atoms with Crippen LogP contribution in [0.2, 0.25) is 0 Å². The second-order valence-corrected chi connectivity index (χ2v) is 8.39. The van der Waals surface area contributed by atoms with E-state index < -0.39 is 0 Å². The number of rotatable bonds is 3. The van der Waals surface area contributed by atoms with E-state index in [0.29, 0.717) is 23.4 Å². The third kappa shape index (κ3) is 3.63. The fourth-order valence-electron chi connectivity index (χ4n) is 3.01. The smallest absolute Gasteiger partial charge is 0.0248 e. The zero-order valence-electron chi connectivity index (χ0n) is 13.9. The van der Waals surface area contributed by atoms with Crippen molar-refractivity contribution in [2.24, 2.45) is 11.3 Å². The maximum atomic E-state index is 3.78. The maximum Gasteiger partial charge on any atom is 0.0248 e. The SMILES string of the molecule is Cc1cscc1CN1CC(C(C)(C)C)NCC1C(C)C. The van der Waals surface area contributed by atoms with E-state index in [1.54, 1.807) is 0 Å². The summed E-state index contributed by atoms with van der Waals surface area (Å²) in [5, 5.41) is 8.36. The van der Waals surface area contributed by atoms with Gasteiger partial charge in [-0.25, -0.2) is 0 Å². The summed E-state index contributed by atoms with van der Waals surface area (Å²) in [6.07, 6.45) is 0. The van der Waals surface area contributed by atoms with Gasteiger partial charge in [0.2, 0.25) is 0 Å². The molecule has 0 radical (unpaired) electrons. The van der Waals surface area contributed by atoms with Crippen molar-refractivity contribution in [1.29, 1.82) is 0 Å². The van der Waals surface area contributed by atoms with Crippen LogP contribution in [-0.4, -0.2) is 30.1 Å². The van der Waals surface area contributed by atoms with Crippen LogP contribution >= 0.6 is 11.3 Å². The first-order valence-electron chi connectivity index (χ1n) is 7.78. The van der Waals surface area contributed by atoms with Crippen molar-refractivity contribution in [2.75, 3.05) is 13.1 Å². The summed E-state index contributed by atoms with van der Waals surface area (Å²) in [5.41, 5.74) is 3.28. The molecule has 0 aromatic carbocycles. The van der Waals surface area contributed by atoms with E-state index in [2.05, 4.69) is 62.5 Å². The zero-order valence-corrected chi connectivity index (χ0v) is 14.7. The van der Waals surface area contributed by atoms with Crippen LogP contribution in [0.1, 0.15) is 45.7 Å². The lowest BCUT2D eigenvalue weighted by molar-refractivity contribution is 0.0572. The number of nitrogens with zero attached hydrogens (tertiary/aromatic N) is 1. The molecule has 2 heterocycles. The molecule has 1 aromatic heterocycles. The van der Waals surface area contributed by atoms with Crippen molar-refractivity contribution in [1.82, 2.24) is 10.2 Å². The van der Waals surface area contributed by atoms with Crippen molar-refractivity contribution in [3.05, 3.63) is 21.9 Å². The predicted molar refractivity (Wildman–Crippen MR) is 89.3 cm³/mol. The summed E-state index contributed by atoms with van der Waals surface area (Å²) < 4.78 is 0. The van der Waals surface area contributed by atoms with Gasteiger partial charge in [0.25, 0.3) is 0 Å². The Labute approximate surface area is 128 Å². The zero-order chi connectivity index (χ0) is 14.9. The monoisotopic (exact) mass is 294 g/mol. The molecule has 1 fully saturated rings. The minimum atomic E-state index is 0.323. The average molecular weight is 295 g/mol. The van der Waals surface area contributed by atoms with Crippen LogP contribution in [-0.2, 0) is 6.54 Å². The number of nitrogens with one attached hydrogen (secondary N) is 1. The van der Waals surface area contributed by atoms with Crippen molar-refractivity contribution in [3.63, 3.8) is 0 Å². The molecule has 114 valence electrons. The van der Waals surface area contributed by atoms with Gasteiger partial charge in [0.15, 0.2) is 0 Å². The van der Waals surface area contributed by atoms with Crippen LogP contribution in [0.5, 0.6) is 0 Å². The lowest BCUT2D eigenvalue weighted by Crippen LogP contribution is -2.61. The Balaban J connectivity index is 2.13. The van der Waals surface area contributed by atoms with Crippen molar-refractivity contribution < 1.29 is 0 Å². The molecule has 0 amide bonds. The quantitative estimate of drug-likeness (QED) is 0.909. The van der Waals surface area contributed by atoms with Crippen LogP contribution in [0.25, 0.3) is 0 Å². The van der Waals surface area contributed by atoms with Gasteiger partial charge in [-0.2, -0.15) is 11.3 Å². The lowest BCUT2D eigenvalue weighted by atomic mass is 9.83. The van der Waals surface area contributed by atoms with Gasteiger partial charge in [-0.05, 0) is 40.1 Å². The number of piperazine rings is 1. The number of hydrogen-bond donors (Lipinski definition) is 1. The summed E-state index contributed by atoms with van der Waals surface area (Å²) >= 11 is 1.83. The number of aryl methyl sites for hydroxylation is 1. The molecule has 0 bridgehead atoms. The Hall–Kier alpha value is -0.380. The average Bonchev–Trinajstić information content (AvgIpc) is 2.73. The third-order valence-corrected chi connectivity index (χ3v) is 5.52. The molecule has 1 N–H and O–H groups in total. The first-order chi connectivity index (χ1) is 9.29. The standard InChI is InChI=1S/C17H30N2S/c1-12(2)15-7-18-16(17(4,5)6)9-19(15)8-14-11-20-10-13(14)3/h10-12,15-16,18H,7-9H2,1-6H3. The lowest BCUT2D eigenvalue weighted by Gasteiger charge is -2.46. The highest BCUT2D eigenvalue weighted by Crippen LogP contribution is 2.27. The Bertz CT molecular complexity index is 430. The van der Waals surface area contributed by atoms with Crippen molar-refractivity contribution >= 4 is 11.3 Å². The Morgan fingerprint density at radius 2 is 2.05 bits per heavy atom. The van der Waals surface area contributed by atoms with Gasteiger partial charge in [-0.1, -0.05) is 34.6 Å². The van der Waals surface area contributed by atoms with Gasteiger partial charge >= 0.3 is 0 Å². The van der Waals surface area contributed by atoms with Crippen LogP contribution < -0.4 is 5.32 Å². The van der Waals surface area contributed by atoms with Gasteiger partial charge in [0.1, 0.15) is 0 Å². The summed E-state index contributed by atoms with van der Waals surface area (Å²) in [6, 6.07) is 1.23. The fraction of sp³-hybridized carbons (Fsp3) is 0.765. The van der Waals surface area contributed by atoms with E-state index in [0.717, 1.165) is 19.6 Å². The van der Waals surface area contributed by atoms with Gasteiger partial charge < -0.3 is 5.32 Å². The molecule has 20 heavy (non-hydrogen) atoms. The molecule has 3 heteroatoms. The second-order valence-electron chi connectivity index (χ2n) is 7.65. The fourth-order valence-corrected chi connectivity index (χ4v) is 3.86. The Morgan fingerprint density at radius 3 is 2.55 bits per heavy atom. The van der Waals surface area contributed by atoms with E-state index >= 15 is 0 Å². The van der Waals surface area contributed by atoms with Gasteiger partial charge in [-0.15, -0.1) is 0 Å². The maximum absolute atomic E-state index is 3.78. The molecule has 2 rings (SSSR count). The molecule has 1 aliphatic rings. The topological polar surface area (TPSA) is 15.3 Å². The molecule has 2 unspecified atom stereocenters. The Kier molecular flexibility index (Phi) is 4.93. The highest BCUT2D eigenvalue weighted by atomic mass is 32.1. The van der Waals surface area contributed by atoms with E-state index in [9.17, 15) is 0 Å². The molecule has 0 saturated carbocycles. The van der Waals surface area contributed by atoms with Crippen molar-refractivity contribution in [3.8, 4) is 0 Å². The van der Waals surface area contributed by atoms with Crippen LogP contribution in [0.15, 0.2) is 10.8 Å².